The SMILES string of the molecule is CC(C)c1c(C(=O)NC2CCCC2)nn(-c2ccc(F)cc2)c1CC[C@@H](O)C[C@@H](O)CC(=O)[O-].[Na+]. The number of hydrogen-bond acceptors (Lipinski definition) is 6. The van der Waals surface area contributed by atoms with E-state index in [4.69, 9.17) is 0 Å². The third-order valence-corrected chi connectivity index (χ3v) is 6.24. The molecule has 0 radical (unpaired) electrons. The Hall–Kier alpha value is -1.78. The monoisotopic (exact) mass is 497 g/mol. The van der Waals surface area contributed by atoms with Crippen molar-refractivity contribution in [1.29, 1.82) is 0 Å². The van der Waals surface area contributed by atoms with Crippen LogP contribution < -0.4 is 40.0 Å². The minimum Gasteiger partial charge on any atom is -0.550 e. The van der Waals surface area contributed by atoms with Crippen molar-refractivity contribution in [2.75, 3.05) is 0 Å². The van der Waals surface area contributed by atoms with Crippen LogP contribution in [0.15, 0.2) is 24.3 Å². The molecule has 0 spiro atoms. The van der Waals surface area contributed by atoms with E-state index in [1.165, 1.54) is 12.1 Å². The molecule has 1 fully saturated rings. The summed E-state index contributed by atoms with van der Waals surface area (Å²) < 4.78 is 15.2. The molecule has 0 bridgehead atoms. The Morgan fingerprint density at radius 1 is 1.17 bits per heavy atom. The van der Waals surface area contributed by atoms with E-state index in [0.29, 0.717) is 23.5 Å². The Morgan fingerprint density at radius 3 is 2.37 bits per heavy atom. The summed E-state index contributed by atoms with van der Waals surface area (Å²) in [5.41, 5.74) is 2.37. The molecule has 3 rings (SSSR count). The van der Waals surface area contributed by atoms with Crippen molar-refractivity contribution in [2.24, 2.45) is 0 Å². The van der Waals surface area contributed by atoms with E-state index in [9.17, 15) is 29.3 Å². The molecule has 186 valence electrons. The summed E-state index contributed by atoms with van der Waals surface area (Å²) in [7, 11) is 0. The van der Waals surface area contributed by atoms with E-state index in [1.54, 1.807) is 16.8 Å². The second-order valence-electron chi connectivity index (χ2n) is 9.36. The summed E-state index contributed by atoms with van der Waals surface area (Å²) in [6.07, 6.45) is 1.77. The van der Waals surface area contributed by atoms with Gasteiger partial charge >= 0.3 is 29.6 Å². The Balaban J connectivity index is 0.00000432. The average molecular weight is 498 g/mol. The molecule has 0 saturated heterocycles. The number of halogens is 1. The number of benzene rings is 1. The number of aromatic nitrogens is 2. The van der Waals surface area contributed by atoms with E-state index in [2.05, 4.69) is 10.4 Å². The molecule has 1 aliphatic carbocycles. The first-order valence-corrected chi connectivity index (χ1v) is 11.9. The number of carboxylic acid groups (broad SMARTS) is 1. The molecular formula is C25H33FN3NaO5. The first-order chi connectivity index (χ1) is 16.2. The number of aliphatic hydroxyl groups is 2. The number of carbonyl (C=O) groups is 2. The van der Waals surface area contributed by atoms with Crippen molar-refractivity contribution in [3.63, 3.8) is 0 Å². The standard InChI is InChI=1S/C25H34FN3O5.Na/c1-15(2)23-21(12-11-19(30)13-20(31)14-22(32)33)29(18-9-7-16(26)8-10-18)28-24(23)25(34)27-17-5-3-4-6-17;/h7-10,15,17,19-20,30-31H,3-6,11-14H2,1-2H3,(H,27,34)(H,32,33);/q;+1/p-1/t19-,20-;/m1./s1. The molecule has 1 aromatic heterocycles. The fourth-order valence-corrected chi connectivity index (χ4v) is 4.61. The van der Waals surface area contributed by atoms with E-state index in [-0.39, 0.29) is 60.3 Å². The average Bonchev–Trinajstić information content (AvgIpc) is 3.39. The Morgan fingerprint density at radius 2 is 1.80 bits per heavy atom. The maximum absolute atomic E-state index is 13.5. The van der Waals surface area contributed by atoms with Gasteiger partial charge in [0.05, 0.1) is 17.9 Å². The van der Waals surface area contributed by atoms with E-state index in [0.717, 1.165) is 31.2 Å². The van der Waals surface area contributed by atoms with Crippen LogP contribution in [0.2, 0.25) is 0 Å². The van der Waals surface area contributed by atoms with Gasteiger partial charge in [-0.05, 0) is 62.3 Å². The van der Waals surface area contributed by atoms with Crippen LogP contribution in [-0.4, -0.2) is 50.1 Å². The van der Waals surface area contributed by atoms with Crippen molar-refractivity contribution in [1.82, 2.24) is 15.1 Å². The number of aliphatic hydroxyl groups excluding tert-OH is 2. The van der Waals surface area contributed by atoms with Crippen LogP contribution >= 0.6 is 0 Å². The van der Waals surface area contributed by atoms with Gasteiger partial charge in [0, 0.05) is 29.7 Å². The summed E-state index contributed by atoms with van der Waals surface area (Å²) in [5.74, 6) is -2.07. The van der Waals surface area contributed by atoms with Crippen LogP contribution in [0, 0.1) is 5.82 Å². The van der Waals surface area contributed by atoms with Crippen LogP contribution in [0.1, 0.15) is 86.5 Å². The zero-order chi connectivity index (χ0) is 24.8. The second-order valence-corrected chi connectivity index (χ2v) is 9.36. The topological polar surface area (TPSA) is 128 Å². The van der Waals surface area contributed by atoms with Gasteiger partial charge in [0.1, 0.15) is 5.82 Å². The first-order valence-electron chi connectivity index (χ1n) is 11.9. The van der Waals surface area contributed by atoms with Crippen LogP contribution in [0.3, 0.4) is 0 Å². The number of nitrogens with one attached hydrogen (secondary N) is 1. The molecule has 35 heavy (non-hydrogen) atoms. The number of carboxylic acids is 1. The Bertz CT molecular complexity index is 990. The summed E-state index contributed by atoms with van der Waals surface area (Å²) in [5, 5.41) is 38.6. The molecule has 1 aromatic carbocycles. The number of nitrogens with zero attached hydrogens (tertiary/aromatic N) is 2. The van der Waals surface area contributed by atoms with Gasteiger partial charge < -0.3 is 25.4 Å². The minimum absolute atomic E-state index is 0. The Labute approximate surface area is 227 Å². The van der Waals surface area contributed by atoms with Crippen LogP contribution in [-0.2, 0) is 11.2 Å². The van der Waals surface area contributed by atoms with Crippen molar-refractivity contribution in [3.05, 3.63) is 47.0 Å². The fraction of sp³-hybridized carbons (Fsp3) is 0.560. The van der Waals surface area contributed by atoms with Crippen LogP contribution in [0.4, 0.5) is 4.39 Å². The van der Waals surface area contributed by atoms with Crippen molar-refractivity contribution in [2.45, 2.75) is 89.4 Å². The van der Waals surface area contributed by atoms with Gasteiger partial charge in [0.25, 0.3) is 5.91 Å². The largest absolute Gasteiger partial charge is 1.00 e. The van der Waals surface area contributed by atoms with Gasteiger partial charge in [-0.25, -0.2) is 9.07 Å². The molecule has 1 aliphatic rings. The van der Waals surface area contributed by atoms with Gasteiger partial charge in [-0.1, -0.05) is 26.7 Å². The normalized spacial score (nSPS) is 15.6. The van der Waals surface area contributed by atoms with Crippen LogP contribution in [0.5, 0.6) is 0 Å². The Kier molecular flexibility index (Phi) is 11.4. The smallest absolute Gasteiger partial charge is 0.550 e. The van der Waals surface area contributed by atoms with Gasteiger partial charge in [0.15, 0.2) is 5.69 Å². The van der Waals surface area contributed by atoms with E-state index < -0.39 is 30.4 Å². The molecule has 2 atom stereocenters. The van der Waals surface area contributed by atoms with Crippen molar-refractivity contribution in [3.8, 4) is 5.69 Å². The molecule has 1 saturated carbocycles. The third-order valence-electron chi connectivity index (χ3n) is 6.24. The molecule has 0 aliphatic heterocycles. The second kappa shape index (κ2) is 13.5. The molecule has 0 unspecified atom stereocenters. The van der Waals surface area contributed by atoms with Crippen molar-refractivity contribution >= 4 is 11.9 Å². The molecule has 10 heteroatoms. The number of amides is 1. The minimum atomic E-state index is -1.38. The van der Waals surface area contributed by atoms with Crippen LogP contribution in [0.25, 0.3) is 5.69 Å². The van der Waals surface area contributed by atoms with Gasteiger partial charge in [-0.3, -0.25) is 4.79 Å². The maximum atomic E-state index is 13.5. The molecule has 3 N–H and O–H groups in total. The molecular weight excluding hydrogens is 464 g/mol. The summed E-state index contributed by atoms with van der Waals surface area (Å²) >= 11 is 0. The van der Waals surface area contributed by atoms with E-state index >= 15 is 0 Å². The summed E-state index contributed by atoms with van der Waals surface area (Å²) in [4.78, 5) is 23.8. The maximum Gasteiger partial charge on any atom is 1.00 e. The zero-order valence-corrected chi connectivity index (χ0v) is 22.7. The third kappa shape index (κ3) is 8.11. The van der Waals surface area contributed by atoms with Gasteiger partial charge in [0.2, 0.25) is 0 Å². The fourth-order valence-electron chi connectivity index (χ4n) is 4.61. The molecule has 1 heterocycles. The van der Waals surface area contributed by atoms with Gasteiger partial charge in [-0.2, -0.15) is 5.10 Å². The number of rotatable bonds is 11. The quantitative estimate of drug-likeness (QED) is 0.342. The number of carbonyl (C=O) groups excluding carboxylic acids is 2. The molecule has 2 aromatic rings. The number of aliphatic carboxylic acids is 1. The zero-order valence-electron chi connectivity index (χ0n) is 20.7. The summed E-state index contributed by atoms with van der Waals surface area (Å²) in [6, 6.07) is 5.92. The molecule has 8 nitrogen and oxygen atoms in total. The van der Waals surface area contributed by atoms with Gasteiger partial charge in [-0.15, -0.1) is 0 Å². The molecule has 1 amide bonds. The first kappa shape index (κ1) is 29.5. The number of hydrogen-bond donors (Lipinski definition) is 3. The summed E-state index contributed by atoms with van der Waals surface area (Å²) in [6.45, 7) is 3.92. The van der Waals surface area contributed by atoms with E-state index in [1.807, 2.05) is 13.8 Å². The predicted octanol–water partition coefficient (Wildman–Crippen LogP) is -1.00. The van der Waals surface area contributed by atoms with Crippen molar-refractivity contribution < 1.29 is 58.9 Å². The predicted molar refractivity (Wildman–Crippen MR) is 122 cm³/mol.